The molecule has 27 heavy (non-hydrogen) atoms. The van der Waals surface area contributed by atoms with Crippen molar-refractivity contribution >= 4 is 11.9 Å². The van der Waals surface area contributed by atoms with Gasteiger partial charge in [-0.2, -0.15) is 0 Å². The van der Waals surface area contributed by atoms with Crippen LogP contribution in [0.4, 0.5) is 17.6 Å². The maximum absolute atomic E-state index is 13.8. The summed E-state index contributed by atoms with van der Waals surface area (Å²) in [5, 5.41) is 12.5. The molecule has 1 aromatic carbocycles. The van der Waals surface area contributed by atoms with Crippen LogP contribution in [0.5, 0.6) is 11.5 Å². The normalized spacial score (nSPS) is 16.4. The topological polar surface area (TPSA) is 90.2 Å². The van der Waals surface area contributed by atoms with Gasteiger partial charge in [-0.1, -0.05) is 11.2 Å². The van der Waals surface area contributed by atoms with E-state index in [1.165, 1.54) is 24.4 Å². The summed E-state index contributed by atoms with van der Waals surface area (Å²) in [4.78, 5) is 19.5. The number of hydrogen-bond acceptors (Lipinski definition) is 6. The summed E-state index contributed by atoms with van der Waals surface area (Å²) in [6.45, 7) is 0. The van der Waals surface area contributed by atoms with Crippen molar-refractivity contribution in [2.24, 2.45) is 5.16 Å². The number of pyridine rings is 1. The Morgan fingerprint density at radius 1 is 1.26 bits per heavy atom. The lowest BCUT2D eigenvalue weighted by Crippen LogP contribution is -2.18. The molecule has 0 saturated carbocycles. The first kappa shape index (κ1) is 18.4. The van der Waals surface area contributed by atoms with Gasteiger partial charge in [0.15, 0.2) is 17.7 Å². The lowest BCUT2D eigenvalue weighted by molar-refractivity contribution is -0.275. The predicted molar refractivity (Wildman–Crippen MR) is 80.8 cm³/mol. The third-order valence-corrected chi connectivity index (χ3v) is 3.39. The Morgan fingerprint density at radius 2 is 2.04 bits per heavy atom. The van der Waals surface area contributed by atoms with E-state index in [0.29, 0.717) is 0 Å². The van der Waals surface area contributed by atoms with Gasteiger partial charge in [-0.3, -0.25) is 0 Å². The Hall–Kier alpha value is -3.37. The number of rotatable bonds is 4. The summed E-state index contributed by atoms with van der Waals surface area (Å²) in [7, 11) is 0. The molecule has 0 aliphatic carbocycles. The summed E-state index contributed by atoms with van der Waals surface area (Å²) in [6, 6.07) is 5.52. The van der Waals surface area contributed by atoms with Crippen LogP contribution in [0.1, 0.15) is 28.6 Å². The number of oxime groups is 1. The summed E-state index contributed by atoms with van der Waals surface area (Å²) in [6.07, 6.45) is -4.50. The van der Waals surface area contributed by atoms with Crippen LogP contribution in [-0.2, 0) is 4.84 Å². The average molecular weight is 386 g/mol. The minimum absolute atomic E-state index is 0.0829. The first-order valence-electron chi connectivity index (χ1n) is 7.36. The summed E-state index contributed by atoms with van der Waals surface area (Å²) in [5.74, 6) is -3.02. The van der Waals surface area contributed by atoms with Crippen molar-refractivity contribution in [3.8, 4) is 11.5 Å². The minimum Gasteiger partial charge on any atom is -0.477 e. The zero-order chi connectivity index (χ0) is 19.6. The SMILES string of the molecule is O=C(O)c1ccc(OC2=NO[C@H](c3ccc(OC(F)(F)F)c(F)c3)C2)cn1. The monoisotopic (exact) mass is 386 g/mol. The molecule has 1 aliphatic rings. The maximum Gasteiger partial charge on any atom is 0.573 e. The van der Waals surface area contributed by atoms with Crippen LogP contribution >= 0.6 is 0 Å². The first-order chi connectivity index (χ1) is 12.7. The summed E-state index contributed by atoms with van der Waals surface area (Å²) in [5.41, 5.74) is 0.0743. The number of halogens is 4. The molecular weight excluding hydrogens is 376 g/mol. The second-order valence-corrected chi connectivity index (χ2v) is 5.31. The molecule has 1 N–H and O–H groups in total. The highest BCUT2D eigenvalue weighted by atomic mass is 19.4. The highest BCUT2D eigenvalue weighted by molar-refractivity contribution is 5.85. The maximum atomic E-state index is 13.8. The molecule has 1 aromatic heterocycles. The highest BCUT2D eigenvalue weighted by Gasteiger charge is 2.33. The number of carboxylic acid groups (broad SMARTS) is 1. The van der Waals surface area contributed by atoms with Gasteiger partial charge in [-0.25, -0.2) is 14.2 Å². The Balaban J connectivity index is 1.63. The van der Waals surface area contributed by atoms with E-state index in [0.717, 1.165) is 12.1 Å². The number of alkyl halides is 3. The second kappa shape index (κ2) is 7.09. The number of nitrogens with zero attached hydrogens (tertiary/aromatic N) is 2. The molecular formula is C16H10F4N2O5. The molecule has 2 heterocycles. The van der Waals surface area contributed by atoms with E-state index in [9.17, 15) is 22.4 Å². The van der Waals surface area contributed by atoms with Crippen molar-refractivity contribution in [2.75, 3.05) is 0 Å². The van der Waals surface area contributed by atoms with Crippen LogP contribution in [-0.4, -0.2) is 28.3 Å². The number of benzene rings is 1. The fraction of sp³-hybridized carbons (Fsp3) is 0.188. The van der Waals surface area contributed by atoms with Crippen LogP contribution in [0.15, 0.2) is 41.7 Å². The van der Waals surface area contributed by atoms with E-state index in [4.69, 9.17) is 14.7 Å². The van der Waals surface area contributed by atoms with Crippen molar-refractivity contribution in [1.82, 2.24) is 4.98 Å². The van der Waals surface area contributed by atoms with Crippen LogP contribution in [0, 0.1) is 5.82 Å². The molecule has 2 aromatic rings. The van der Waals surface area contributed by atoms with Crippen LogP contribution in [0.2, 0.25) is 0 Å². The van der Waals surface area contributed by atoms with Gasteiger partial charge in [0.1, 0.15) is 11.4 Å². The molecule has 0 unspecified atom stereocenters. The molecule has 0 saturated heterocycles. The average Bonchev–Trinajstić information content (AvgIpc) is 3.04. The first-order valence-corrected chi connectivity index (χ1v) is 7.36. The fourth-order valence-electron chi connectivity index (χ4n) is 2.22. The Labute approximate surface area is 148 Å². The quantitative estimate of drug-likeness (QED) is 0.807. The van der Waals surface area contributed by atoms with E-state index in [2.05, 4.69) is 14.9 Å². The Kier molecular flexibility index (Phi) is 4.84. The molecule has 1 atom stereocenters. The number of ether oxygens (including phenoxy) is 2. The Morgan fingerprint density at radius 3 is 2.63 bits per heavy atom. The molecule has 3 rings (SSSR count). The van der Waals surface area contributed by atoms with Crippen molar-refractivity contribution < 1.29 is 41.8 Å². The van der Waals surface area contributed by atoms with E-state index in [1.54, 1.807) is 0 Å². The smallest absolute Gasteiger partial charge is 0.477 e. The molecule has 0 radical (unpaired) electrons. The molecule has 0 amide bonds. The van der Waals surface area contributed by atoms with Gasteiger partial charge in [-0.05, 0) is 29.8 Å². The number of carboxylic acids is 1. The van der Waals surface area contributed by atoms with E-state index >= 15 is 0 Å². The number of carbonyl (C=O) groups is 1. The zero-order valence-corrected chi connectivity index (χ0v) is 13.2. The van der Waals surface area contributed by atoms with Gasteiger partial charge < -0.3 is 19.4 Å². The minimum atomic E-state index is -5.00. The van der Waals surface area contributed by atoms with E-state index < -0.39 is 30.0 Å². The van der Waals surface area contributed by atoms with Crippen molar-refractivity contribution in [3.63, 3.8) is 0 Å². The van der Waals surface area contributed by atoms with Crippen LogP contribution in [0.3, 0.4) is 0 Å². The van der Waals surface area contributed by atoms with Crippen LogP contribution < -0.4 is 9.47 Å². The third kappa shape index (κ3) is 4.63. The van der Waals surface area contributed by atoms with E-state index in [-0.39, 0.29) is 29.3 Å². The lowest BCUT2D eigenvalue weighted by Gasteiger charge is -2.12. The third-order valence-electron chi connectivity index (χ3n) is 3.39. The fourth-order valence-corrected chi connectivity index (χ4v) is 2.22. The lowest BCUT2D eigenvalue weighted by atomic mass is 10.1. The van der Waals surface area contributed by atoms with Gasteiger partial charge in [-0.15, -0.1) is 13.2 Å². The van der Waals surface area contributed by atoms with Crippen LogP contribution in [0.25, 0.3) is 0 Å². The second-order valence-electron chi connectivity index (χ2n) is 5.31. The number of hydrogen-bond donors (Lipinski definition) is 1. The van der Waals surface area contributed by atoms with Gasteiger partial charge in [0.25, 0.3) is 0 Å². The van der Waals surface area contributed by atoms with Gasteiger partial charge in [0.05, 0.1) is 12.6 Å². The van der Waals surface area contributed by atoms with Gasteiger partial charge >= 0.3 is 12.3 Å². The molecule has 7 nitrogen and oxygen atoms in total. The molecule has 142 valence electrons. The van der Waals surface area contributed by atoms with Crippen molar-refractivity contribution in [3.05, 3.63) is 53.6 Å². The number of aromatic carboxylic acids is 1. The number of aromatic nitrogens is 1. The largest absolute Gasteiger partial charge is 0.573 e. The van der Waals surface area contributed by atoms with Crippen molar-refractivity contribution in [1.29, 1.82) is 0 Å². The molecule has 0 bridgehead atoms. The standard InChI is InChI=1S/C16H10F4N2O5/c17-10-5-8(1-4-12(10)26-16(18,19)20)13-6-14(22-27-13)25-9-2-3-11(15(23)24)21-7-9/h1-5,7,13H,6H2,(H,23,24)/t13-/m0/s1. The predicted octanol–water partition coefficient (Wildman–Crippen LogP) is 3.67. The van der Waals surface area contributed by atoms with Gasteiger partial charge in [0.2, 0.25) is 5.90 Å². The highest BCUT2D eigenvalue weighted by Crippen LogP contribution is 2.32. The molecule has 11 heteroatoms. The Bertz CT molecular complexity index is 883. The summed E-state index contributed by atoms with van der Waals surface area (Å²) >= 11 is 0. The molecule has 0 spiro atoms. The summed E-state index contributed by atoms with van der Waals surface area (Å²) < 4.78 is 59.2. The molecule has 0 fully saturated rings. The molecule has 1 aliphatic heterocycles. The van der Waals surface area contributed by atoms with Gasteiger partial charge in [0, 0.05) is 0 Å². The zero-order valence-electron chi connectivity index (χ0n) is 13.2. The van der Waals surface area contributed by atoms with Crippen molar-refractivity contribution in [2.45, 2.75) is 18.9 Å². The van der Waals surface area contributed by atoms with E-state index in [1.807, 2.05) is 0 Å².